The minimum atomic E-state index is 1.01. The molecule has 3 aromatic heterocycles. The topological polar surface area (TPSA) is 56.8 Å². The monoisotopic (exact) mass is 441 g/mol. The van der Waals surface area contributed by atoms with Crippen molar-refractivity contribution in [3.8, 4) is 22.4 Å². The van der Waals surface area contributed by atoms with Gasteiger partial charge in [0.25, 0.3) is 0 Å². The van der Waals surface area contributed by atoms with Crippen LogP contribution in [0.25, 0.3) is 33.3 Å². The van der Waals surface area contributed by atoms with E-state index in [0.717, 1.165) is 54.5 Å². The Morgan fingerprint density at radius 2 is 1.52 bits per heavy atom. The Hall–Kier alpha value is -3.18. The summed E-state index contributed by atoms with van der Waals surface area (Å²) in [4.78, 5) is 15.4. The summed E-state index contributed by atoms with van der Waals surface area (Å²) in [5.41, 5.74) is 10.4. The van der Waals surface area contributed by atoms with Gasteiger partial charge in [-0.1, -0.05) is 26.0 Å². The Morgan fingerprint density at radius 1 is 0.818 bits per heavy atom. The summed E-state index contributed by atoms with van der Waals surface area (Å²) < 4.78 is 0. The molecule has 0 spiro atoms. The van der Waals surface area contributed by atoms with Crippen molar-refractivity contribution in [2.45, 2.75) is 41.5 Å². The highest BCUT2D eigenvalue weighted by molar-refractivity contribution is 5.93. The Balaban J connectivity index is 0.00000126. The van der Waals surface area contributed by atoms with Crippen LogP contribution in [0.3, 0.4) is 0 Å². The van der Waals surface area contributed by atoms with Crippen LogP contribution in [0.15, 0.2) is 42.6 Å². The molecule has 0 atom stereocenters. The first kappa shape index (κ1) is 23.0. The lowest BCUT2D eigenvalue weighted by atomic mass is 10.0. The number of aromatic nitrogens is 3. The maximum Gasteiger partial charge on any atom is 0.131 e. The Morgan fingerprint density at radius 3 is 2.18 bits per heavy atom. The van der Waals surface area contributed by atoms with Gasteiger partial charge in [-0.25, -0.2) is 4.98 Å². The largest absolute Gasteiger partial charge is 0.354 e. The molecule has 5 nitrogen and oxygen atoms in total. The third-order valence-electron chi connectivity index (χ3n) is 6.23. The first-order chi connectivity index (χ1) is 16.0. The van der Waals surface area contributed by atoms with E-state index in [4.69, 9.17) is 4.98 Å². The quantitative estimate of drug-likeness (QED) is 0.412. The van der Waals surface area contributed by atoms with E-state index in [0.29, 0.717) is 0 Å². The van der Waals surface area contributed by atoms with E-state index in [1.165, 1.54) is 33.3 Å². The Kier molecular flexibility index (Phi) is 6.80. The molecule has 172 valence electrons. The van der Waals surface area contributed by atoms with Crippen LogP contribution in [0.4, 0.5) is 5.82 Å². The molecule has 0 amide bonds. The van der Waals surface area contributed by atoms with Crippen LogP contribution in [-0.2, 0) is 0 Å². The van der Waals surface area contributed by atoms with Crippen LogP contribution < -0.4 is 10.2 Å². The molecular formula is C28H35N5. The van der Waals surface area contributed by atoms with E-state index < -0.39 is 0 Å². The number of hydrogen-bond donors (Lipinski definition) is 2. The first-order valence-corrected chi connectivity index (χ1v) is 12.0. The lowest BCUT2D eigenvalue weighted by Crippen LogP contribution is -2.44. The SMILES string of the molecule is CC.Cc1cc(-c2[nH]c3cc(-c4cnc(N5CCNCC5)c(C)c4)ccc3c2C)cc(C)n1. The summed E-state index contributed by atoms with van der Waals surface area (Å²) in [6.45, 7) is 16.5. The maximum absolute atomic E-state index is 4.83. The molecule has 0 radical (unpaired) electrons. The third kappa shape index (κ3) is 4.64. The Labute approximate surface area is 197 Å². The average Bonchev–Trinajstić information content (AvgIpc) is 3.16. The summed E-state index contributed by atoms with van der Waals surface area (Å²) >= 11 is 0. The molecule has 1 aromatic carbocycles. The fourth-order valence-electron chi connectivity index (χ4n) is 4.72. The highest BCUT2D eigenvalue weighted by Crippen LogP contribution is 2.33. The van der Waals surface area contributed by atoms with Gasteiger partial charge in [0.2, 0.25) is 0 Å². The number of aryl methyl sites for hydroxylation is 4. The maximum atomic E-state index is 4.83. The molecule has 0 bridgehead atoms. The van der Waals surface area contributed by atoms with Crippen molar-refractivity contribution in [1.29, 1.82) is 0 Å². The predicted octanol–water partition coefficient (Wildman–Crippen LogP) is 5.96. The molecular weight excluding hydrogens is 406 g/mol. The number of benzene rings is 1. The molecule has 0 aliphatic carbocycles. The van der Waals surface area contributed by atoms with Gasteiger partial charge in [0.15, 0.2) is 0 Å². The minimum absolute atomic E-state index is 1.01. The van der Waals surface area contributed by atoms with Gasteiger partial charge in [-0.15, -0.1) is 0 Å². The smallest absolute Gasteiger partial charge is 0.131 e. The van der Waals surface area contributed by atoms with Crippen molar-refractivity contribution >= 4 is 16.7 Å². The van der Waals surface area contributed by atoms with Crippen molar-refractivity contribution in [2.75, 3.05) is 31.1 Å². The molecule has 1 fully saturated rings. The fourth-order valence-corrected chi connectivity index (χ4v) is 4.72. The van der Waals surface area contributed by atoms with E-state index >= 15 is 0 Å². The van der Waals surface area contributed by atoms with Gasteiger partial charge in [-0.2, -0.15) is 0 Å². The first-order valence-electron chi connectivity index (χ1n) is 12.0. The number of pyridine rings is 2. The fraction of sp³-hybridized carbons (Fsp3) is 0.357. The number of anilines is 1. The van der Waals surface area contributed by atoms with Gasteiger partial charge in [-0.3, -0.25) is 4.98 Å². The normalized spacial score (nSPS) is 13.7. The summed E-state index contributed by atoms with van der Waals surface area (Å²) in [5, 5.41) is 4.66. The lowest BCUT2D eigenvalue weighted by molar-refractivity contribution is 0.584. The molecule has 0 saturated carbocycles. The minimum Gasteiger partial charge on any atom is -0.354 e. The van der Waals surface area contributed by atoms with Crippen molar-refractivity contribution in [3.63, 3.8) is 0 Å². The van der Waals surface area contributed by atoms with Gasteiger partial charge < -0.3 is 15.2 Å². The second kappa shape index (κ2) is 9.75. The van der Waals surface area contributed by atoms with Crippen LogP contribution in [0, 0.1) is 27.7 Å². The highest BCUT2D eigenvalue weighted by atomic mass is 15.2. The second-order valence-electron chi connectivity index (χ2n) is 8.63. The van der Waals surface area contributed by atoms with Gasteiger partial charge >= 0.3 is 0 Å². The molecule has 33 heavy (non-hydrogen) atoms. The Bertz CT molecular complexity index is 1240. The van der Waals surface area contributed by atoms with E-state index in [-0.39, 0.29) is 0 Å². The molecule has 1 aliphatic heterocycles. The number of H-pyrrole nitrogens is 1. The molecule has 2 N–H and O–H groups in total. The number of nitrogens with one attached hydrogen (secondary N) is 2. The standard InChI is InChI=1S/C26H29N5.C2H6/c1-16-11-22(15-28-26(16)31-9-7-27-8-10-31)20-5-6-23-19(4)25(30-24(23)14-20)21-12-17(2)29-18(3)13-21;1-2/h5-6,11-15,27,30H,7-10H2,1-4H3;1-2H3. The van der Waals surface area contributed by atoms with Crippen LogP contribution in [0.1, 0.15) is 36.4 Å². The average molecular weight is 442 g/mol. The second-order valence-corrected chi connectivity index (χ2v) is 8.63. The molecule has 5 heteroatoms. The summed E-state index contributed by atoms with van der Waals surface area (Å²) in [7, 11) is 0. The van der Waals surface area contributed by atoms with Crippen molar-refractivity contribution < 1.29 is 0 Å². The zero-order valence-corrected chi connectivity index (χ0v) is 20.7. The highest BCUT2D eigenvalue weighted by Gasteiger charge is 2.15. The van der Waals surface area contributed by atoms with E-state index in [1.54, 1.807) is 0 Å². The van der Waals surface area contributed by atoms with Gasteiger partial charge in [0.05, 0.1) is 0 Å². The van der Waals surface area contributed by atoms with Gasteiger partial charge in [0.1, 0.15) is 5.82 Å². The zero-order chi connectivity index (χ0) is 23.5. The summed E-state index contributed by atoms with van der Waals surface area (Å²) in [6.07, 6.45) is 2.01. The van der Waals surface area contributed by atoms with Gasteiger partial charge in [-0.05, 0) is 68.7 Å². The van der Waals surface area contributed by atoms with Crippen LogP contribution in [-0.4, -0.2) is 41.1 Å². The third-order valence-corrected chi connectivity index (χ3v) is 6.23. The number of nitrogens with zero attached hydrogens (tertiary/aromatic N) is 3. The van der Waals surface area contributed by atoms with Crippen molar-refractivity contribution in [2.24, 2.45) is 0 Å². The number of hydrogen-bond acceptors (Lipinski definition) is 4. The van der Waals surface area contributed by atoms with Crippen LogP contribution in [0.5, 0.6) is 0 Å². The number of aromatic amines is 1. The number of fused-ring (bicyclic) bond motifs is 1. The van der Waals surface area contributed by atoms with Crippen molar-refractivity contribution in [1.82, 2.24) is 20.3 Å². The number of piperazine rings is 1. The zero-order valence-electron chi connectivity index (χ0n) is 20.7. The molecule has 1 saturated heterocycles. The molecule has 5 rings (SSSR count). The van der Waals surface area contributed by atoms with E-state index in [9.17, 15) is 0 Å². The molecule has 0 unspecified atom stereocenters. The summed E-state index contributed by atoms with van der Waals surface area (Å²) in [5.74, 6) is 1.10. The molecule has 4 aromatic rings. The number of rotatable bonds is 3. The van der Waals surface area contributed by atoms with E-state index in [2.05, 4.69) is 70.4 Å². The molecule has 4 heterocycles. The van der Waals surface area contributed by atoms with Gasteiger partial charge in [0, 0.05) is 71.5 Å². The van der Waals surface area contributed by atoms with Crippen molar-refractivity contribution in [3.05, 3.63) is 65.1 Å². The summed E-state index contributed by atoms with van der Waals surface area (Å²) in [6, 6.07) is 13.2. The van der Waals surface area contributed by atoms with E-state index in [1.807, 2.05) is 33.9 Å². The predicted molar refractivity (Wildman–Crippen MR) is 140 cm³/mol. The lowest BCUT2D eigenvalue weighted by Gasteiger charge is -2.29. The molecule has 1 aliphatic rings. The van der Waals surface area contributed by atoms with Crippen LogP contribution in [0.2, 0.25) is 0 Å². The van der Waals surface area contributed by atoms with Crippen LogP contribution >= 0.6 is 0 Å².